The summed E-state index contributed by atoms with van der Waals surface area (Å²) in [5.74, 6) is 1.18. The second kappa shape index (κ2) is 7.70. The molecule has 1 aliphatic rings. The van der Waals surface area contributed by atoms with Gasteiger partial charge in [-0.1, -0.05) is 0 Å². The van der Waals surface area contributed by atoms with E-state index in [4.69, 9.17) is 4.42 Å². The maximum atomic E-state index is 12.7. The smallest absolute Gasteiger partial charge is 0.242 e. The van der Waals surface area contributed by atoms with Gasteiger partial charge in [-0.25, -0.2) is 4.99 Å². The minimum atomic E-state index is -1.20. The molecule has 7 heteroatoms. The van der Waals surface area contributed by atoms with Gasteiger partial charge in [0, 0.05) is 19.1 Å². The zero-order valence-corrected chi connectivity index (χ0v) is 16.7. The number of furan rings is 1. The molecule has 1 atom stereocenters. The van der Waals surface area contributed by atoms with E-state index >= 15 is 0 Å². The van der Waals surface area contributed by atoms with E-state index in [1.165, 1.54) is 6.26 Å². The maximum absolute atomic E-state index is 12.7. The minimum Gasteiger partial charge on any atom is -0.466 e. The Morgan fingerprint density at radius 3 is 2.69 bits per heavy atom. The van der Waals surface area contributed by atoms with Crippen molar-refractivity contribution < 1.29 is 14.3 Å². The lowest BCUT2D eigenvalue weighted by Gasteiger charge is -2.49. The molecule has 0 aromatic carbocycles. The summed E-state index contributed by atoms with van der Waals surface area (Å²) in [6.45, 7) is 13.6. The van der Waals surface area contributed by atoms with E-state index in [1.807, 2.05) is 30.6 Å². The highest BCUT2D eigenvalue weighted by molar-refractivity contribution is 5.88. The second-order valence-corrected chi connectivity index (χ2v) is 7.95. The number of hydrogen-bond acceptors (Lipinski definition) is 4. The molecule has 1 aliphatic heterocycles. The van der Waals surface area contributed by atoms with Crippen LogP contribution >= 0.6 is 0 Å². The Bertz CT molecular complexity index is 635. The molecular formula is C19H32N4O3. The summed E-state index contributed by atoms with van der Waals surface area (Å²) < 4.78 is 5.31. The number of guanidine groups is 1. The number of hydrogen-bond donors (Lipinski definition) is 2. The monoisotopic (exact) mass is 364 g/mol. The van der Waals surface area contributed by atoms with Crippen LogP contribution in [0.5, 0.6) is 0 Å². The molecule has 146 valence electrons. The molecule has 2 N–H and O–H groups in total. The van der Waals surface area contributed by atoms with Gasteiger partial charge in [0.2, 0.25) is 5.91 Å². The van der Waals surface area contributed by atoms with Crippen molar-refractivity contribution in [1.29, 1.82) is 0 Å². The van der Waals surface area contributed by atoms with E-state index < -0.39 is 5.60 Å². The molecule has 1 aromatic heterocycles. The molecule has 0 radical (unpaired) electrons. The highest BCUT2D eigenvalue weighted by Crippen LogP contribution is 2.25. The first-order valence-electron chi connectivity index (χ1n) is 9.20. The van der Waals surface area contributed by atoms with E-state index in [0.29, 0.717) is 24.8 Å². The summed E-state index contributed by atoms with van der Waals surface area (Å²) in [4.78, 5) is 21.2. The van der Waals surface area contributed by atoms with Crippen LogP contribution in [-0.2, 0) is 10.4 Å². The number of aliphatic imine (C=N–C) groups is 1. The first-order valence-corrected chi connectivity index (χ1v) is 9.20. The number of carbonyl (C=O) groups excluding carboxylic acids is 1. The summed E-state index contributed by atoms with van der Waals surface area (Å²) in [7, 11) is 0. The zero-order valence-electron chi connectivity index (χ0n) is 16.7. The molecule has 0 bridgehead atoms. The van der Waals surface area contributed by atoms with Crippen molar-refractivity contribution in [2.45, 2.75) is 58.7 Å². The van der Waals surface area contributed by atoms with Crippen LogP contribution in [0.4, 0.5) is 0 Å². The highest BCUT2D eigenvalue weighted by Gasteiger charge is 2.41. The van der Waals surface area contributed by atoms with Gasteiger partial charge in [-0.2, -0.15) is 0 Å². The number of nitrogens with zero attached hydrogens (tertiary/aromatic N) is 3. The number of aliphatic hydroxyl groups is 1. The van der Waals surface area contributed by atoms with E-state index in [0.717, 1.165) is 0 Å². The van der Waals surface area contributed by atoms with Crippen LogP contribution in [0.1, 0.15) is 47.3 Å². The molecule has 0 aliphatic carbocycles. The quantitative estimate of drug-likeness (QED) is 0.615. The number of piperazine rings is 1. The zero-order chi connectivity index (χ0) is 19.5. The molecular weight excluding hydrogens is 332 g/mol. The SMILES string of the molecule is CCNC(=NCC(C)(O)c1ccco1)N1CC(=O)N(C(C)C)C(C)(C)C1. The Morgan fingerprint density at radius 2 is 2.19 bits per heavy atom. The van der Waals surface area contributed by atoms with Gasteiger partial charge in [-0.3, -0.25) is 4.79 Å². The molecule has 1 aromatic rings. The fraction of sp³-hybridized carbons (Fsp3) is 0.684. The third-order valence-corrected chi connectivity index (χ3v) is 4.56. The fourth-order valence-electron chi connectivity index (χ4n) is 3.63. The molecule has 1 unspecified atom stereocenters. The largest absolute Gasteiger partial charge is 0.466 e. The first-order chi connectivity index (χ1) is 12.1. The summed E-state index contributed by atoms with van der Waals surface area (Å²) in [5.41, 5.74) is -1.51. The minimum absolute atomic E-state index is 0.0830. The van der Waals surface area contributed by atoms with Crippen LogP contribution < -0.4 is 5.32 Å². The number of rotatable bonds is 5. The van der Waals surface area contributed by atoms with Crippen LogP contribution in [0.3, 0.4) is 0 Å². The van der Waals surface area contributed by atoms with E-state index in [2.05, 4.69) is 24.2 Å². The van der Waals surface area contributed by atoms with E-state index in [-0.39, 0.29) is 30.6 Å². The summed E-state index contributed by atoms with van der Waals surface area (Å²) in [5, 5.41) is 13.9. The van der Waals surface area contributed by atoms with Gasteiger partial charge in [0.1, 0.15) is 11.4 Å². The van der Waals surface area contributed by atoms with Crippen molar-refractivity contribution in [3.05, 3.63) is 24.2 Å². The van der Waals surface area contributed by atoms with Crippen molar-refractivity contribution in [3.8, 4) is 0 Å². The Labute approximate surface area is 156 Å². The molecule has 1 fully saturated rings. The van der Waals surface area contributed by atoms with Crippen molar-refractivity contribution in [3.63, 3.8) is 0 Å². The summed E-state index contributed by atoms with van der Waals surface area (Å²) in [6, 6.07) is 3.63. The third kappa shape index (κ3) is 4.38. The Morgan fingerprint density at radius 1 is 1.50 bits per heavy atom. The molecule has 0 saturated carbocycles. The molecule has 7 nitrogen and oxygen atoms in total. The van der Waals surface area contributed by atoms with Crippen LogP contribution in [0.25, 0.3) is 0 Å². The van der Waals surface area contributed by atoms with Gasteiger partial charge in [-0.05, 0) is 53.7 Å². The first kappa shape index (κ1) is 20.3. The number of amides is 1. The summed E-state index contributed by atoms with van der Waals surface area (Å²) >= 11 is 0. The number of nitrogens with one attached hydrogen (secondary N) is 1. The van der Waals surface area contributed by atoms with Crippen LogP contribution in [0.15, 0.2) is 27.8 Å². The predicted molar refractivity (Wildman–Crippen MR) is 102 cm³/mol. The normalized spacial score (nSPS) is 20.5. The molecule has 2 heterocycles. The third-order valence-electron chi connectivity index (χ3n) is 4.56. The molecule has 0 spiro atoms. The van der Waals surface area contributed by atoms with Crippen molar-refractivity contribution in [1.82, 2.24) is 15.1 Å². The van der Waals surface area contributed by atoms with Gasteiger partial charge < -0.3 is 24.6 Å². The van der Waals surface area contributed by atoms with Gasteiger partial charge in [0.25, 0.3) is 0 Å². The molecule has 1 saturated heterocycles. The molecule has 2 rings (SSSR count). The van der Waals surface area contributed by atoms with Gasteiger partial charge in [0.05, 0.1) is 24.9 Å². The van der Waals surface area contributed by atoms with E-state index in [1.54, 1.807) is 19.1 Å². The van der Waals surface area contributed by atoms with E-state index in [9.17, 15) is 9.90 Å². The molecule has 1 amide bonds. The lowest BCUT2D eigenvalue weighted by molar-refractivity contribution is -0.145. The van der Waals surface area contributed by atoms with Gasteiger partial charge >= 0.3 is 0 Å². The van der Waals surface area contributed by atoms with Crippen LogP contribution in [0, 0.1) is 0 Å². The standard InChI is InChI=1S/C19H32N4O3/c1-7-20-17(21-12-19(6,25)15-9-8-10-26-15)22-11-16(24)23(14(2)3)18(4,5)13-22/h8-10,14,25H,7,11-13H2,1-6H3,(H,20,21). The molecule has 26 heavy (non-hydrogen) atoms. The number of carbonyl (C=O) groups is 1. The highest BCUT2D eigenvalue weighted by atomic mass is 16.4. The lowest BCUT2D eigenvalue weighted by Crippen LogP contribution is -2.66. The van der Waals surface area contributed by atoms with Gasteiger partial charge in [0.15, 0.2) is 5.96 Å². The summed E-state index contributed by atoms with van der Waals surface area (Å²) in [6.07, 6.45) is 1.53. The average Bonchev–Trinajstić information content (AvgIpc) is 3.04. The van der Waals surface area contributed by atoms with Crippen molar-refractivity contribution in [2.75, 3.05) is 26.2 Å². The predicted octanol–water partition coefficient (Wildman–Crippen LogP) is 1.78. The topological polar surface area (TPSA) is 81.3 Å². The average molecular weight is 364 g/mol. The Balaban J connectivity index is 2.20. The lowest BCUT2D eigenvalue weighted by atomic mass is 9.96. The van der Waals surface area contributed by atoms with Crippen LogP contribution in [-0.4, -0.2) is 64.5 Å². The van der Waals surface area contributed by atoms with Crippen molar-refractivity contribution >= 4 is 11.9 Å². The maximum Gasteiger partial charge on any atom is 0.242 e. The second-order valence-electron chi connectivity index (χ2n) is 7.95. The van der Waals surface area contributed by atoms with Gasteiger partial charge in [-0.15, -0.1) is 0 Å². The fourth-order valence-corrected chi connectivity index (χ4v) is 3.63. The van der Waals surface area contributed by atoms with Crippen LogP contribution in [0.2, 0.25) is 0 Å². The Hall–Kier alpha value is -2.02. The Kier molecular flexibility index (Phi) is 6.01. The van der Waals surface area contributed by atoms with Crippen molar-refractivity contribution in [2.24, 2.45) is 4.99 Å².